The number of carbonyl (C=O) groups is 2. The summed E-state index contributed by atoms with van der Waals surface area (Å²) < 4.78 is 28.1. The lowest BCUT2D eigenvalue weighted by Gasteiger charge is -2.28. The zero-order chi connectivity index (χ0) is 19.4. The highest BCUT2D eigenvalue weighted by Crippen LogP contribution is 2.30. The van der Waals surface area contributed by atoms with E-state index in [0.717, 1.165) is 11.4 Å². The molecule has 7 nitrogen and oxygen atoms in total. The number of anilines is 1. The summed E-state index contributed by atoms with van der Waals surface area (Å²) in [7, 11) is -1.41. The summed E-state index contributed by atoms with van der Waals surface area (Å²) in [4.78, 5) is 24.8. The first-order valence-corrected chi connectivity index (χ1v) is 11.1. The molecule has 0 radical (unpaired) electrons. The largest absolute Gasteiger partial charge is 0.497 e. The highest BCUT2D eigenvalue weighted by molar-refractivity contribution is 7.91. The Morgan fingerprint density at radius 3 is 2.07 bits per heavy atom. The molecule has 0 spiro atoms. The molecule has 3 rings (SSSR count). The fraction of sp³-hybridized carbons (Fsp3) is 0.579. The van der Waals surface area contributed by atoms with Crippen LogP contribution >= 0.6 is 0 Å². The molecule has 1 aromatic rings. The SMILES string of the molecule is COc1ccc(NC(=O)C2CCC(C(=O)NC3CCS(=O)(=O)C3)CC2)cc1. The van der Waals surface area contributed by atoms with Gasteiger partial charge in [-0.05, 0) is 56.4 Å². The van der Waals surface area contributed by atoms with Crippen molar-refractivity contribution in [2.75, 3.05) is 23.9 Å². The van der Waals surface area contributed by atoms with E-state index < -0.39 is 9.84 Å². The van der Waals surface area contributed by atoms with Crippen LogP contribution in [0.3, 0.4) is 0 Å². The number of methoxy groups -OCH3 is 1. The Hall–Kier alpha value is -2.09. The number of amides is 2. The van der Waals surface area contributed by atoms with Gasteiger partial charge in [-0.25, -0.2) is 8.42 Å². The third-order valence-electron chi connectivity index (χ3n) is 5.41. The van der Waals surface area contributed by atoms with Gasteiger partial charge in [-0.2, -0.15) is 0 Å². The van der Waals surface area contributed by atoms with Gasteiger partial charge in [-0.3, -0.25) is 9.59 Å². The first-order valence-electron chi connectivity index (χ1n) is 9.32. The van der Waals surface area contributed by atoms with Crippen LogP contribution in [0.4, 0.5) is 5.69 Å². The maximum absolute atomic E-state index is 12.4. The van der Waals surface area contributed by atoms with Crippen molar-refractivity contribution in [1.82, 2.24) is 5.32 Å². The standard InChI is InChI=1S/C19H26N2O5S/c1-26-17-8-6-15(7-9-17)20-18(22)13-2-4-14(5-3-13)19(23)21-16-10-11-27(24,25)12-16/h6-9,13-14,16H,2-5,10-12H2,1H3,(H,20,22)(H,21,23). The Labute approximate surface area is 159 Å². The van der Waals surface area contributed by atoms with E-state index in [2.05, 4.69) is 10.6 Å². The second kappa shape index (κ2) is 8.29. The number of sulfone groups is 1. The van der Waals surface area contributed by atoms with Gasteiger partial charge in [0.2, 0.25) is 11.8 Å². The molecular weight excluding hydrogens is 368 g/mol. The van der Waals surface area contributed by atoms with Crippen molar-refractivity contribution in [2.24, 2.45) is 11.8 Å². The molecule has 1 aromatic carbocycles. The number of ether oxygens (including phenoxy) is 1. The molecule has 1 saturated carbocycles. The minimum Gasteiger partial charge on any atom is -0.497 e. The Bertz CT molecular complexity index is 783. The number of carbonyl (C=O) groups excluding carboxylic acids is 2. The fourth-order valence-corrected chi connectivity index (χ4v) is 5.44. The minimum absolute atomic E-state index is 0.0269. The lowest BCUT2D eigenvalue weighted by molar-refractivity contribution is -0.129. The van der Waals surface area contributed by atoms with E-state index >= 15 is 0 Å². The molecule has 2 fully saturated rings. The Balaban J connectivity index is 1.45. The quantitative estimate of drug-likeness (QED) is 0.792. The van der Waals surface area contributed by atoms with Gasteiger partial charge < -0.3 is 15.4 Å². The average molecular weight is 394 g/mol. The first-order chi connectivity index (χ1) is 12.9. The van der Waals surface area contributed by atoms with Crippen molar-refractivity contribution in [3.8, 4) is 5.75 Å². The van der Waals surface area contributed by atoms with E-state index in [-0.39, 0.29) is 41.2 Å². The van der Waals surface area contributed by atoms with Gasteiger partial charge in [-0.15, -0.1) is 0 Å². The van der Waals surface area contributed by atoms with Crippen molar-refractivity contribution in [2.45, 2.75) is 38.1 Å². The van der Waals surface area contributed by atoms with Gasteiger partial charge in [0.25, 0.3) is 0 Å². The van der Waals surface area contributed by atoms with E-state index in [1.807, 2.05) is 0 Å². The first kappa shape index (κ1) is 19.7. The molecule has 1 aliphatic carbocycles. The highest BCUT2D eigenvalue weighted by Gasteiger charge is 2.33. The molecule has 0 bridgehead atoms. The Kier molecular flexibility index (Phi) is 6.04. The predicted octanol–water partition coefficient (Wildman–Crippen LogP) is 1.74. The van der Waals surface area contributed by atoms with Crippen LogP contribution in [-0.2, 0) is 19.4 Å². The van der Waals surface area contributed by atoms with Crippen LogP contribution in [0.1, 0.15) is 32.1 Å². The summed E-state index contributed by atoms with van der Waals surface area (Å²) in [5.74, 6) is 0.567. The monoisotopic (exact) mass is 394 g/mol. The molecule has 2 amide bonds. The molecule has 1 heterocycles. The van der Waals surface area contributed by atoms with E-state index in [9.17, 15) is 18.0 Å². The minimum atomic E-state index is -3.00. The highest BCUT2D eigenvalue weighted by atomic mass is 32.2. The molecule has 8 heteroatoms. The number of hydrogen-bond acceptors (Lipinski definition) is 5. The topological polar surface area (TPSA) is 102 Å². The fourth-order valence-electron chi connectivity index (χ4n) is 3.76. The summed E-state index contributed by atoms with van der Waals surface area (Å²) in [6.07, 6.45) is 3.10. The van der Waals surface area contributed by atoms with Crippen molar-refractivity contribution >= 4 is 27.3 Å². The van der Waals surface area contributed by atoms with Crippen molar-refractivity contribution in [3.05, 3.63) is 24.3 Å². The summed E-state index contributed by atoms with van der Waals surface area (Å²) >= 11 is 0. The second-order valence-corrected chi connectivity index (χ2v) is 9.60. The molecule has 1 aliphatic heterocycles. The van der Waals surface area contributed by atoms with Crippen LogP contribution in [0.15, 0.2) is 24.3 Å². The van der Waals surface area contributed by atoms with Gasteiger partial charge in [-0.1, -0.05) is 0 Å². The zero-order valence-corrected chi connectivity index (χ0v) is 16.3. The molecular formula is C19H26N2O5S. The van der Waals surface area contributed by atoms with Gasteiger partial charge >= 0.3 is 0 Å². The van der Waals surface area contributed by atoms with Gasteiger partial charge in [0, 0.05) is 23.6 Å². The van der Waals surface area contributed by atoms with Crippen LogP contribution in [-0.4, -0.2) is 44.9 Å². The maximum Gasteiger partial charge on any atom is 0.227 e. The van der Waals surface area contributed by atoms with E-state index in [1.165, 1.54) is 0 Å². The van der Waals surface area contributed by atoms with Crippen LogP contribution in [0, 0.1) is 11.8 Å². The lowest BCUT2D eigenvalue weighted by Crippen LogP contribution is -2.41. The summed E-state index contributed by atoms with van der Waals surface area (Å²) in [5, 5.41) is 5.78. The van der Waals surface area contributed by atoms with Gasteiger partial charge in [0.05, 0.1) is 18.6 Å². The maximum atomic E-state index is 12.4. The Morgan fingerprint density at radius 2 is 1.56 bits per heavy atom. The smallest absolute Gasteiger partial charge is 0.227 e. The number of nitrogens with one attached hydrogen (secondary N) is 2. The van der Waals surface area contributed by atoms with Crippen LogP contribution in [0.2, 0.25) is 0 Å². The average Bonchev–Trinajstić information content (AvgIpc) is 3.00. The van der Waals surface area contributed by atoms with Crippen molar-refractivity contribution in [3.63, 3.8) is 0 Å². The van der Waals surface area contributed by atoms with E-state index in [4.69, 9.17) is 4.74 Å². The van der Waals surface area contributed by atoms with Crippen molar-refractivity contribution in [1.29, 1.82) is 0 Å². The summed E-state index contributed by atoms with van der Waals surface area (Å²) in [5.41, 5.74) is 0.725. The molecule has 148 valence electrons. The van der Waals surface area contributed by atoms with Gasteiger partial charge in [0.15, 0.2) is 9.84 Å². The molecule has 1 unspecified atom stereocenters. The number of hydrogen-bond donors (Lipinski definition) is 2. The molecule has 2 aliphatic rings. The van der Waals surface area contributed by atoms with Crippen molar-refractivity contribution < 1.29 is 22.7 Å². The van der Waals surface area contributed by atoms with E-state index in [0.29, 0.717) is 32.1 Å². The third-order valence-corrected chi connectivity index (χ3v) is 7.17. The second-order valence-electron chi connectivity index (χ2n) is 7.37. The Morgan fingerprint density at radius 1 is 0.963 bits per heavy atom. The normalized spacial score (nSPS) is 26.9. The van der Waals surface area contributed by atoms with Crippen LogP contribution in [0.5, 0.6) is 5.75 Å². The zero-order valence-electron chi connectivity index (χ0n) is 15.4. The number of benzene rings is 1. The lowest BCUT2D eigenvalue weighted by atomic mass is 9.81. The molecule has 27 heavy (non-hydrogen) atoms. The molecule has 0 aromatic heterocycles. The third kappa shape index (κ3) is 5.22. The summed E-state index contributed by atoms with van der Waals surface area (Å²) in [6.45, 7) is 0. The predicted molar refractivity (Wildman–Crippen MR) is 102 cm³/mol. The molecule has 2 N–H and O–H groups in total. The van der Waals surface area contributed by atoms with Gasteiger partial charge in [0.1, 0.15) is 5.75 Å². The van der Waals surface area contributed by atoms with E-state index in [1.54, 1.807) is 31.4 Å². The van der Waals surface area contributed by atoms with Crippen LogP contribution in [0.25, 0.3) is 0 Å². The molecule has 1 atom stereocenters. The number of rotatable bonds is 5. The summed E-state index contributed by atoms with van der Waals surface area (Å²) in [6, 6.07) is 6.91. The van der Waals surface area contributed by atoms with Crippen LogP contribution < -0.4 is 15.4 Å². The molecule has 1 saturated heterocycles.